The van der Waals surface area contributed by atoms with E-state index in [9.17, 15) is 13.5 Å². The van der Waals surface area contributed by atoms with E-state index in [0.717, 1.165) is 55.7 Å². The Bertz CT molecular complexity index is 1730. The monoisotopic (exact) mass is 604 g/mol. The van der Waals surface area contributed by atoms with Gasteiger partial charge in [0.15, 0.2) is 16.1 Å². The zero-order valence-electron chi connectivity index (χ0n) is 25.2. The van der Waals surface area contributed by atoms with Gasteiger partial charge in [0.2, 0.25) is 5.95 Å². The molecule has 0 radical (unpaired) electrons. The van der Waals surface area contributed by atoms with E-state index in [-0.39, 0.29) is 17.7 Å². The van der Waals surface area contributed by atoms with Crippen molar-refractivity contribution in [2.75, 3.05) is 36.5 Å². The summed E-state index contributed by atoms with van der Waals surface area (Å²) >= 11 is 0. The average Bonchev–Trinajstić information content (AvgIpc) is 3.59. The minimum absolute atomic E-state index is 0.236. The number of aliphatic hydroxyl groups excluding tert-OH is 1. The van der Waals surface area contributed by atoms with Crippen molar-refractivity contribution >= 4 is 44.0 Å². The molecule has 0 bridgehead atoms. The molecule has 4 heterocycles. The van der Waals surface area contributed by atoms with Gasteiger partial charge in [0.05, 0.1) is 26.9 Å². The van der Waals surface area contributed by atoms with Crippen molar-refractivity contribution in [1.82, 2.24) is 19.9 Å². The Balaban J connectivity index is 1.33. The summed E-state index contributed by atoms with van der Waals surface area (Å²) in [4.78, 5) is 17.6. The molecule has 0 aliphatic carbocycles. The molecule has 2 aromatic heterocycles. The SMILES string of the molecule is Cc1cc2c(cc1C1CCN(CCCO)CC1)OC(C)N2c1nc(Nc2ccccc2S(=O)(=O)C(C)C)c2cc[nH]c2n1. The molecular formula is C32H40N6O4S. The van der Waals surface area contributed by atoms with E-state index in [0.29, 0.717) is 29.0 Å². The van der Waals surface area contributed by atoms with E-state index < -0.39 is 15.1 Å². The van der Waals surface area contributed by atoms with Gasteiger partial charge >= 0.3 is 0 Å². The van der Waals surface area contributed by atoms with Crippen molar-refractivity contribution in [3.05, 3.63) is 59.8 Å². The molecule has 4 aromatic rings. The van der Waals surface area contributed by atoms with Crippen LogP contribution in [0.2, 0.25) is 0 Å². The van der Waals surface area contributed by atoms with Crippen LogP contribution in [0, 0.1) is 6.92 Å². The van der Waals surface area contributed by atoms with Gasteiger partial charge in [0.1, 0.15) is 17.2 Å². The quantitative estimate of drug-likeness (QED) is 0.223. The molecule has 2 aromatic carbocycles. The number of ether oxygens (including phenoxy) is 1. The standard InChI is InChI=1S/C32H40N6O4S/c1-20(2)43(40,41)29-9-6-5-8-26(29)34-31-24-10-13-33-30(24)35-32(36-31)38-22(4)42-28-19-25(21(3)18-27(28)38)23-11-15-37(16-12-23)14-7-17-39/h5-6,8-10,13,18-20,22-23,39H,7,11-12,14-17H2,1-4H3,(H2,33,34,35,36). The van der Waals surface area contributed by atoms with Crippen LogP contribution >= 0.6 is 0 Å². The van der Waals surface area contributed by atoms with Crippen LogP contribution in [0.15, 0.2) is 53.6 Å². The third kappa shape index (κ3) is 5.57. The lowest BCUT2D eigenvalue weighted by molar-refractivity contribution is 0.187. The first-order chi connectivity index (χ1) is 20.7. The topological polar surface area (TPSA) is 124 Å². The number of aliphatic hydroxyl groups is 1. The molecule has 2 aliphatic heterocycles. The Labute approximate surface area is 253 Å². The largest absolute Gasteiger partial charge is 0.468 e. The number of benzene rings is 2. The molecule has 6 rings (SSSR count). The van der Waals surface area contributed by atoms with Gasteiger partial charge in [-0.1, -0.05) is 12.1 Å². The number of anilines is 4. The Morgan fingerprint density at radius 2 is 1.91 bits per heavy atom. The molecule has 11 heteroatoms. The fraction of sp³-hybridized carbons (Fsp3) is 0.438. The molecule has 3 N–H and O–H groups in total. The summed E-state index contributed by atoms with van der Waals surface area (Å²) in [5.41, 5.74) is 4.55. The molecule has 2 aliphatic rings. The lowest BCUT2D eigenvalue weighted by atomic mass is 9.86. The Kier molecular flexibility index (Phi) is 8.06. The summed E-state index contributed by atoms with van der Waals surface area (Å²) in [7, 11) is -3.52. The summed E-state index contributed by atoms with van der Waals surface area (Å²) in [6.07, 6.45) is 4.45. The van der Waals surface area contributed by atoms with Crippen LogP contribution in [-0.2, 0) is 9.84 Å². The summed E-state index contributed by atoms with van der Waals surface area (Å²) < 4.78 is 32.6. The highest BCUT2D eigenvalue weighted by Crippen LogP contribution is 2.45. The number of rotatable bonds is 9. The van der Waals surface area contributed by atoms with Crippen LogP contribution in [0.3, 0.4) is 0 Å². The second-order valence-corrected chi connectivity index (χ2v) is 14.3. The predicted octanol–water partition coefficient (Wildman–Crippen LogP) is 5.63. The van der Waals surface area contributed by atoms with Crippen LogP contribution in [0.4, 0.5) is 23.1 Å². The lowest BCUT2D eigenvalue weighted by Crippen LogP contribution is -2.34. The molecule has 0 spiro atoms. The molecule has 1 atom stereocenters. The molecule has 0 amide bonds. The van der Waals surface area contributed by atoms with Crippen LogP contribution in [0.25, 0.3) is 11.0 Å². The van der Waals surface area contributed by atoms with Gasteiger partial charge in [-0.05, 0) is 107 Å². The Morgan fingerprint density at radius 3 is 2.65 bits per heavy atom. The number of para-hydroxylation sites is 1. The van der Waals surface area contributed by atoms with Gasteiger partial charge in [-0.25, -0.2) is 8.42 Å². The minimum Gasteiger partial charge on any atom is -0.468 e. The number of likely N-dealkylation sites (tertiary alicyclic amines) is 1. The molecule has 0 saturated carbocycles. The number of H-pyrrole nitrogens is 1. The van der Waals surface area contributed by atoms with Crippen molar-refractivity contribution in [2.45, 2.75) is 69.2 Å². The molecule has 1 fully saturated rings. The first kappa shape index (κ1) is 29.4. The fourth-order valence-corrected chi connectivity index (χ4v) is 7.41. The highest BCUT2D eigenvalue weighted by atomic mass is 32.2. The second-order valence-electron chi connectivity index (χ2n) is 11.8. The third-order valence-corrected chi connectivity index (χ3v) is 10.8. The molecule has 1 unspecified atom stereocenters. The minimum atomic E-state index is -3.52. The molecular weight excluding hydrogens is 564 g/mol. The van der Waals surface area contributed by atoms with Crippen LogP contribution in [-0.4, -0.2) is 71.1 Å². The average molecular weight is 605 g/mol. The van der Waals surface area contributed by atoms with Gasteiger partial charge in [0.25, 0.3) is 0 Å². The van der Waals surface area contributed by atoms with Crippen molar-refractivity contribution in [2.24, 2.45) is 0 Å². The van der Waals surface area contributed by atoms with Crippen molar-refractivity contribution < 1.29 is 18.3 Å². The van der Waals surface area contributed by atoms with Crippen LogP contribution in [0.5, 0.6) is 5.75 Å². The number of sulfone groups is 1. The maximum absolute atomic E-state index is 13.1. The fourth-order valence-electron chi connectivity index (χ4n) is 6.21. The highest BCUT2D eigenvalue weighted by molar-refractivity contribution is 7.92. The maximum Gasteiger partial charge on any atom is 0.237 e. The highest BCUT2D eigenvalue weighted by Gasteiger charge is 2.34. The zero-order valence-corrected chi connectivity index (χ0v) is 26.0. The Morgan fingerprint density at radius 1 is 1.14 bits per heavy atom. The zero-order chi connectivity index (χ0) is 30.3. The molecule has 10 nitrogen and oxygen atoms in total. The maximum atomic E-state index is 13.1. The lowest BCUT2D eigenvalue weighted by Gasteiger charge is -2.32. The van der Waals surface area contributed by atoms with Gasteiger partial charge in [0, 0.05) is 19.3 Å². The normalized spacial score (nSPS) is 17.9. The number of aromatic amines is 1. The molecule has 43 heavy (non-hydrogen) atoms. The Hall–Kier alpha value is -3.67. The first-order valence-electron chi connectivity index (χ1n) is 15.1. The third-order valence-electron chi connectivity index (χ3n) is 8.61. The van der Waals surface area contributed by atoms with Gasteiger partial charge < -0.3 is 25.0 Å². The summed E-state index contributed by atoms with van der Waals surface area (Å²) in [6, 6.07) is 13.2. The van der Waals surface area contributed by atoms with Crippen molar-refractivity contribution in [3.8, 4) is 5.75 Å². The predicted molar refractivity (Wildman–Crippen MR) is 169 cm³/mol. The van der Waals surface area contributed by atoms with Crippen molar-refractivity contribution in [1.29, 1.82) is 0 Å². The first-order valence-corrected chi connectivity index (χ1v) is 16.6. The summed E-state index contributed by atoms with van der Waals surface area (Å²) in [5, 5.41) is 12.7. The number of piperidine rings is 1. The number of nitrogens with one attached hydrogen (secondary N) is 2. The number of nitrogens with zero attached hydrogens (tertiary/aromatic N) is 4. The van der Waals surface area contributed by atoms with E-state index in [1.165, 1.54) is 11.1 Å². The summed E-state index contributed by atoms with van der Waals surface area (Å²) in [6.45, 7) is 10.8. The van der Waals surface area contributed by atoms with Crippen LogP contribution in [0.1, 0.15) is 57.1 Å². The smallest absolute Gasteiger partial charge is 0.237 e. The number of fused-ring (bicyclic) bond motifs is 2. The molecule has 228 valence electrons. The van der Waals surface area contributed by atoms with Gasteiger partial charge in [-0.2, -0.15) is 9.97 Å². The van der Waals surface area contributed by atoms with E-state index >= 15 is 0 Å². The van der Waals surface area contributed by atoms with E-state index in [4.69, 9.17) is 14.7 Å². The van der Waals surface area contributed by atoms with Crippen LogP contribution < -0.4 is 15.0 Å². The molecule has 1 saturated heterocycles. The van der Waals surface area contributed by atoms with E-state index in [2.05, 4.69) is 34.3 Å². The number of aromatic nitrogens is 3. The van der Waals surface area contributed by atoms with Gasteiger partial charge in [-0.3, -0.25) is 4.90 Å². The number of hydrogen-bond donors (Lipinski definition) is 3. The number of aryl methyl sites for hydroxylation is 1. The summed E-state index contributed by atoms with van der Waals surface area (Å²) in [5.74, 6) is 2.24. The number of hydrogen-bond acceptors (Lipinski definition) is 9. The van der Waals surface area contributed by atoms with E-state index in [1.54, 1.807) is 38.2 Å². The van der Waals surface area contributed by atoms with E-state index in [1.807, 2.05) is 24.0 Å². The van der Waals surface area contributed by atoms with Gasteiger partial charge in [-0.15, -0.1) is 0 Å². The van der Waals surface area contributed by atoms with Crippen molar-refractivity contribution in [3.63, 3.8) is 0 Å². The second kappa shape index (κ2) is 11.8.